The van der Waals surface area contributed by atoms with E-state index >= 15 is 0 Å². The van der Waals surface area contributed by atoms with Gasteiger partial charge < -0.3 is 33.8 Å². The fourth-order valence-corrected chi connectivity index (χ4v) is 15.5. The quantitative estimate of drug-likeness (QED) is 0.0222. The van der Waals surface area contributed by atoms with Gasteiger partial charge in [-0.25, -0.2) is 9.13 Å². The highest BCUT2D eigenvalue weighted by molar-refractivity contribution is 7.47. The molecule has 5 atom stereocenters. The van der Waals surface area contributed by atoms with Gasteiger partial charge in [0.05, 0.1) is 26.4 Å². The maximum Gasteiger partial charge on any atom is 0.472 e. The van der Waals surface area contributed by atoms with Crippen LogP contribution in [0.15, 0.2) is 0 Å². The lowest BCUT2D eigenvalue weighted by molar-refractivity contribution is -0.161. The number of aliphatic hydroxyl groups is 1. The Morgan fingerprint density at radius 2 is 0.374 bits per heavy atom. The fourth-order valence-electron chi connectivity index (χ4n) is 13.9. The van der Waals surface area contributed by atoms with Crippen LogP contribution in [0.5, 0.6) is 0 Å². The number of hydrogen-bond acceptors (Lipinski definition) is 15. The van der Waals surface area contributed by atoms with Gasteiger partial charge >= 0.3 is 39.5 Å². The summed E-state index contributed by atoms with van der Waals surface area (Å²) in [5.41, 5.74) is 0. The average Bonchev–Trinajstić information content (AvgIpc) is 0.902. The lowest BCUT2D eigenvalue weighted by atomic mass is 10.0. The Hall–Kier alpha value is -1.94. The van der Waals surface area contributed by atoms with Crippen LogP contribution in [0.3, 0.4) is 0 Å². The van der Waals surface area contributed by atoms with Crippen molar-refractivity contribution in [2.45, 2.75) is 502 Å². The average molecular weight is 1560 g/mol. The molecule has 17 nitrogen and oxygen atoms in total. The molecule has 0 spiro atoms. The fraction of sp³-hybridized carbons (Fsp3) is 0.955. The highest BCUT2D eigenvalue weighted by atomic mass is 31.2. The van der Waals surface area contributed by atoms with Gasteiger partial charge in [0.1, 0.15) is 19.3 Å². The first kappa shape index (κ1) is 105. The number of hydrogen-bond donors (Lipinski definition) is 3. The van der Waals surface area contributed by atoms with Crippen molar-refractivity contribution in [3.05, 3.63) is 0 Å². The van der Waals surface area contributed by atoms with Gasteiger partial charge in [0, 0.05) is 25.7 Å². The third-order valence-corrected chi connectivity index (χ3v) is 22.8. The molecule has 0 aromatic rings. The van der Waals surface area contributed by atoms with Gasteiger partial charge in [-0.05, 0) is 25.7 Å². The van der Waals surface area contributed by atoms with Crippen molar-refractivity contribution in [1.82, 2.24) is 0 Å². The van der Waals surface area contributed by atoms with Gasteiger partial charge in [0.15, 0.2) is 12.2 Å². The summed E-state index contributed by atoms with van der Waals surface area (Å²) < 4.78 is 68.8. The van der Waals surface area contributed by atoms with E-state index in [1.54, 1.807) is 0 Å². The van der Waals surface area contributed by atoms with Gasteiger partial charge in [0.25, 0.3) is 0 Å². The number of esters is 4. The molecule has 3 N–H and O–H groups in total. The standard InChI is InChI=1S/C88H172O17P2/c1-5-9-13-17-21-24-27-30-33-36-39-41-44-47-50-53-56-59-63-67-71-75-88(93)105-84(79-99-86(91)73-69-65-61-57-54-51-48-45-43-40-37-34-31-28-25-22-18-14-10-6-2)81-103-107(96,97)101-77-82(89)76-100-106(94,95)102-80-83(78-98-85(90)72-68-64-60-20-16-12-8-4)104-87(92)74-70-66-62-58-55-52-49-46-42-38-35-32-29-26-23-19-15-11-7-3/h82-84,89H,5-81H2,1-4H3,(H,94,95)(H,96,97)/t82-,83+,84+/m0/s1. The molecule has 0 aliphatic carbocycles. The van der Waals surface area contributed by atoms with Crippen LogP contribution in [0.1, 0.15) is 484 Å². The first-order valence-electron chi connectivity index (χ1n) is 45.8. The van der Waals surface area contributed by atoms with E-state index in [0.717, 1.165) is 103 Å². The molecule has 636 valence electrons. The van der Waals surface area contributed by atoms with Crippen molar-refractivity contribution in [3.63, 3.8) is 0 Å². The molecule has 0 fully saturated rings. The Morgan fingerprint density at radius 1 is 0.224 bits per heavy atom. The molecule has 0 saturated heterocycles. The normalized spacial score (nSPS) is 13.7. The van der Waals surface area contributed by atoms with Gasteiger partial charge in [-0.1, -0.05) is 432 Å². The van der Waals surface area contributed by atoms with Crippen molar-refractivity contribution in [2.24, 2.45) is 0 Å². The van der Waals surface area contributed by atoms with Crippen LogP contribution in [-0.4, -0.2) is 96.7 Å². The van der Waals surface area contributed by atoms with Crippen LogP contribution >= 0.6 is 15.6 Å². The zero-order chi connectivity index (χ0) is 78.1. The predicted molar refractivity (Wildman–Crippen MR) is 442 cm³/mol. The first-order chi connectivity index (χ1) is 52.2. The zero-order valence-corrected chi connectivity index (χ0v) is 71.9. The van der Waals surface area contributed by atoms with Gasteiger partial charge in [-0.3, -0.25) is 37.3 Å². The highest BCUT2D eigenvalue weighted by Gasteiger charge is 2.30. The van der Waals surface area contributed by atoms with Crippen molar-refractivity contribution in [1.29, 1.82) is 0 Å². The Kier molecular flexibility index (Phi) is 80.6. The molecule has 0 aromatic heterocycles. The second-order valence-corrected chi connectivity index (χ2v) is 34.5. The second kappa shape index (κ2) is 82.1. The summed E-state index contributed by atoms with van der Waals surface area (Å²) >= 11 is 0. The summed E-state index contributed by atoms with van der Waals surface area (Å²) in [4.78, 5) is 73.1. The molecular weight excluding hydrogens is 1390 g/mol. The molecule has 0 amide bonds. The van der Waals surface area contributed by atoms with Gasteiger partial charge in [-0.2, -0.15) is 0 Å². The summed E-state index contributed by atoms with van der Waals surface area (Å²) in [7, 11) is -9.92. The van der Waals surface area contributed by atoms with Crippen LogP contribution < -0.4 is 0 Å². The molecule has 2 unspecified atom stereocenters. The molecule has 0 aliphatic heterocycles. The first-order valence-corrected chi connectivity index (χ1v) is 48.8. The third kappa shape index (κ3) is 81.9. The van der Waals surface area contributed by atoms with Crippen molar-refractivity contribution < 1.29 is 80.2 Å². The molecule has 0 radical (unpaired) electrons. The van der Waals surface area contributed by atoms with Crippen LogP contribution in [0, 0.1) is 0 Å². The number of aliphatic hydroxyl groups excluding tert-OH is 1. The molecule has 0 aromatic carbocycles. The van der Waals surface area contributed by atoms with Crippen LogP contribution in [0.4, 0.5) is 0 Å². The topological polar surface area (TPSA) is 237 Å². The van der Waals surface area contributed by atoms with E-state index in [9.17, 15) is 43.2 Å². The third-order valence-electron chi connectivity index (χ3n) is 20.9. The van der Waals surface area contributed by atoms with E-state index in [0.29, 0.717) is 25.7 Å². The minimum absolute atomic E-state index is 0.109. The molecule has 0 bridgehead atoms. The van der Waals surface area contributed by atoms with E-state index < -0.39 is 97.5 Å². The minimum Gasteiger partial charge on any atom is -0.462 e. The largest absolute Gasteiger partial charge is 0.472 e. The summed E-state index contributed by atoms with van der Waals surface area (Å²) in [6.07, 6.45) is 78.2. The summed E-state index contributed by atoms with van der Waals surface area (Å²) in [5, 5.41) is 10.7. The lowest BCUT2D eigenvalue weighted by Crippen LogP contribution is -2.30. The summed E-state index contributed by atoms with van der Waals surface area (Å²) in [5.74, 6) is -2.10. The van der Waals surface area contributed by atoms with Gasteiger partial charge in [0.2, 0.25) is 0 Å². The Balaban J connectivity index is 5.14. The Labute approximate surface area is 658 Å². The molecule has 0 heterocycles. The summed E-state index contributed by atoms with van der Waals surface area (Å²) in [6, 6.07) is 0. The van der Waals surface area contributed by atoms with Crippen molar-refractivity contribution in [3.8, 4) is 0 Å². The van der Waals surface area contributed by atoms with Crippen molar-refractivity contribution in [2.75, 3.05) is 39.6 Å². The number of carbonyl (C=O) groups excluding carboxylic acids is 4. The number of phosphoric ester groups is 2. The van der Waals surface area contributed by atoms with Crippen LogP contribution in [0.2, 0.25) is 0 Å². The monoisotopic (exact) mass is 1560 g/mol. The van der Waals surface area contributed by atoms with Crippen molar-refractivity contribution >= 4 is 39.5 Å². The Bertz CT molecular complexity index is 2020. The molecule has 19 heteroatoms. The molecule has 0 aliphatic rings. The number of rotatable bonds is 89. The Morgan fingerprint density at radius 3 is 0.551 bits per heavy atom. The highest BCUT2D eigenvalue weighted by Crippen LogP contribution is 2.45. The maximum atomic E-state index is 13.1. The predicted octanol–water partition coefficient (Wildman–Crippen LogP) is 27.3. The van der Waals surface area contributed by atoms with E-state index in [1.165, 1.54) is 302 Å². The lowest BCUT2D eigenvalue weighted by Gasteiger charge is -2.21. The smallest absolute Gasteiger partial charge is 0.462 e. The van der Waals surface area contributed by atoms with Crippen LogP contribution in [-0.2, 0) is 65.4 Å². The minimum atomic E-state index is -4.96. The van der Waals surface area contributed by atoms with E-state index in [4.69, 9.17) is 37.0 Å². The number of carbonyl (C=O) groups is 4. The number of ether oxygens (including phenoxy) is 4. The van der Waals surface area contributed by atoms with E-state index in [-0.39, 0.29) is 25.7 Å². The second-order valence-electron chi connectivity index (χ2n) is 31.6. The van der Waals surface area contributed by atoms with Crippen LogP contribution in [0.25, 0.3) is 0 Å². The molecular formula is C88H172O17P2. The summed E-state index contributed by atoms with van der Waals surface area (Å²) in [6.45, 7) is 5.02. The number of unbranched alkanes of at least 4 members (excludes halogenated alkanes) is 63. The molecule has 107 heavy (non-hydrogen) atoms. The van der Waals surface area contributed by atoms with E-state index in [1.807, 2.05) is 0 Å². The SMILES string of the molecule is CCCCCCCCCCCCCCCCCCCCCCCC(=O)O[C@H](COC(=O)CCCCCCCCCCCCCCCCCCCCCC)COP(=O)(O)OC[C@@H](O)COP(=O)(O)OC[C@@H](COC(=O)CCCCCCCCC)OC(=O)CCCCCCCCCCCCCCCCCCCCC. The number of phosphoric acid groups is 2. The molecule has 0 rings (SSSR count). The van der Waals surface area contributed by atoms with E-state index in [2.05, 4.69) is 27.7 Å². The zero-order valence-electron chi connectivity index (χ0n) is 70.1. The molecule has 0 saturated carbocycles. The van der Waals surface area contributed by atoms with Gasteiger partial charge in [-0.15, -0.1) is 0 Å². The maximum absolute atomic E-state index is 13.1.